The fraction of sp³-hybridized carbons (Fsp3) is 0.760. The number of hydrogen-bond acceptors (Lipinski definition) is 16. The number of aliphatic hydroxyl groups is 6. The summed E-state index contributed by atoms with van der Waals surface area (Å²) >= 11 is 0. The maximum Gasteiger partial charge on any atom is 0.187 e. The molecule has 2 aliphatic heterocycles. The molecule has 7 unspecified atom stereocenters. The van der Waals surface area contributed by atoms with Crippen molar-refractivity contribution in [3.63, 3.8) is 0 Å². The van der Waals surface area contributed by atoms with E-state index in [1.807, 2.05) is 0 Å². The van der Waals surface area contributed by atoms with Crippen molar-refractivity contribution in [1.29, 1.82) is 0 Å². The van der Waals surface area contributed by atoms with Crippen LogP contribution in [0.1, 0.15) is 6.42 Å². The van der Waals surface area contributed by atoms with Gasteiger partial charge >= 0.3 is 0 Å². The lowest BCUT2D eigenvalue weighted by molar-refractivity contribution is -0.331. The highest BCUT2D eigenvalue weighted by atomic mass is 35.5. The van der Waals surface area contributed by atoms with E-state index >= 15 is 0 Å². The van der Waals surface area contributed by atoms with E-state index in [1.165, 1.54) is 7.11 Å². The topological polar surface area (TPSA) is 281 Å². The fourth-order valence-electron chi connectivity index (χ4n) is 5.24. The Kier molecular flexibility index (Phi) is 19.2. The van der Waals surface area contributed by atoms with E-state index in [0.717, 1.165) is 0 Å². The molecule has 0 spiro atoms. The predicted octanol–water partition coefficient (Wildman–Crippen LogP) is -17.2. The molecule has 3 fully saturated rings. The second-order valence-electron chi connectivity index (χ2n) is 10.6. The smallest absolute Gasteiger partial charge is 0.187 e. The van der Waals surface area contributed by atoms with Crippen LogP contribution in [0.5, 0.6) is 11.5 Å². The zero-order valence-corrected chi connectivity index (χ0v) is 27.1. The van der Waals surface area contributed by atoms with Crippen molar-refractivity contribution in [2.75, 3.05) is 20.3 Å². The van der Waals surface area contributed by atoms with Crippen molar-refractivity contribution in [3.05, 3.63) is 24.3 Å². The first-order valence-corrected chi connectivity index (χ1v) is 13.4. The maximum absolute atomic E-state index is 11.2. The quantitative estimate of drug-likeness (QED) is 0.113. The lowest BCUT2D eigenvalue weighted by Gasteiger charge is -2.48. The Hall–Kier alpha value is -0.580. The fourth-order valence-corrected chi connectivity index (χ4v) is 5.24. The van der Waals surface area contributed by atoms with Crippen molar-refractivity contribution in [3.8, 4) is 11.5 Å². The van der Waals surface area contributed by atoms with Gasteiger partial charge in [0.1, 0.15) is 79.1 Å². The van der Waals surface area contributed by atoms with Crippen molar-refractivity contribution >= 4 is 0 Å². The van der Waals surface area contributed by atoms with Crippen LogP contribution in [-0.2, 0) is 18.9 Å². The summed E-state index contributed by atoms with van der Waals surface area (Å²) in [7, 11) is 1.53. The summed E-state index contributed by atoms with van der Waals surface area (Å²) in [5.74, 6) is 1.10. The van der Waals surface area contributed by atoms with Crippen LogP contribution >= 0.6 is 0 Å². The van der Waals surface area contributed by atoms with Gasteiger partial charge < -0.3 is 132 Å². The largest absolute Gasteiger partial charge is 1.00 e. The summed E-state index contributed by atoms with van der Waals surface area (Å²) < 4.78 is 33.8. The first-order valence-electron chi connectivity index (χ1n) is 13.4. The van der Waals surface area contributed by atoms with Crippen molar-refractivity contribution in [2.45, 2.75) is 98.2 Å². The Morgan fingerprint density at radius 1 is 0.667 bits per heavy atom. The van der Waals surface area contributed by atoms with Gasteiger partial charge in [0.15, 0.2) is 12.6 Å². The molecule has 266 valence electrons. The highest BCUT2D eigenvalue weighted by molar-refractivity contribution is 5.31. The molecule has 20 heteroatoms. The van der Waals surface area contributed by atoms with Gasteiger partial charge in [-0.05, 0) is 30.7 Å². The second-order valence-corrected chi connectivity index (χ2v) is 10.6. The molecule has 0 radical (unpaired) electrons. The molecule has 1 saturated carbocycles. The number of halogens is 4. The summed E-state index contributed by atoms with van der Waals surface area (Å²) in [6.07, 6.45) is -16.4. The Bertz CT molecular complexity index is 982. The molecule has 1 aliphatic carbocycles. The number of hydrogen-bond donors (Lipinski definition) is 10. The molecule has 0 amide bonds. The van der Waals surface area contributed by atoms with Crippen LogP contribution in [0.4, 0.5) is 0 Å². The molecule has 2 heterocycles. The van der Waals surface area contributed by atoms with E-state index in [0.29, 0.717) is 11.5 Å². The van der Waals surface area contributed by atoms with Gasteiger partial charge in [-0.25, -0.2) is 0 Å². The predicted molar refractivity (Wildman–Crippen MR) is 139 cm³/mol. The summed E-state index contributed by atoms with van der Waals surface area (Å²) in [5, 5.41) is 63.1. The van der Waals surface area contributed by atoms with E-state index in [4.69, 9.17) is 51.4 Å². The average molecular weight is 732 g/mol. The maximum atomic E-state index is 11.2. The minimum absolute atomic E-state index is 0. The van der Waals surface area contributed by atoms with Crippen LogP contribution in [-0.4, -0.2) is 143 Å². The lowest BCUT2D eigenvalue weighted by Crippen LogP contribution is -3.00. The van der Waals surface area contributed by atoms with Gasteiger partial charge in [0.2, 0.25) is 0 Å². The number of rotatable bonds is 9. The molecule has 0 aromatic heterocycles. The SMILES string of the molecule is COc1ccc(OC[C@H]2OC(O[C@@H]3C(N)CC(N)C(O[C@H]4OC(CN)[C@@H](O)[C@H](O)C4O)[C@@H]3O)[C@H](O)[C@H](N)C2O)cc1.[Cl-].[Cl-].[Cl-].[Cl-]. The second kappa shape index (κ2) is 19.4. The molecule has 16 nitrogen and oxygen atoms in total. The third kappa shape index (κ3) is 9.97. The van der Waals surface area contributed by atoms with Gasteiger partial charge in [-0.2, -0.15) is 0 Å². The highest BCUT2D eigenvalue weighted by Gasteiger charge is 2.51. The Morgan fingerprint density at radius 2 is 1.16 bits per heavy atom. The molecule has 3 aliphatic rings. The number of benzene rings is 1. The average Bonchev–Trinajstić information content (AvgIpc) is 2.96. The minimum Gasteiger partial charge on any atom is -1.00 e. The van der Waals surface area contributed by atoms with Crippen LogP contribution in [0, 0.1) is 0 Å². The Labute approximate surface area is 285 Å². The molecule has 4 rings (SSSR count). The Balaban J connectivity index is 0.00000484. The van der Waals surface area contributed by atoms with Gasteiger partial charge in [0, 0.05) is 18.6 Å². The van der Waals surface area contributed by atoms with E-state index in [-0.39, 0.29) is 69.2 Å². The standard InChI is InChI=1S/C25H42N4O12.4ClH/c1-36-9-2-4-10(5-3-9)37-8-14-16(30)15(29)18(32)24(39-14)40-22-11(27)6-12(28)23(21(22)35)41-25-20(34)19(33)17(31)13(7-26)38-25;;;;/h2-5,11-25,30-35H,6-8,26-29H2,1H3;4*1H/p-4/t11?,12?,13?,14-,15-,16?,17-,18-,19+,20?,21-,22-,23?,24?,25-;;;;/m1..../s1. The monoisotopic (exact) mass is 730 g/mol. The van der Waals surface area contributed by atoms with Gasteiger partial charge in [-0.1, -0.05) is 0 Å². The van der Waals surface area contributed by atoms with Gasteiger partial charge in [-0.3, -0.25) is 0 Å². The molecule has 1 aromatic carbocycles. The zero-order chi connectivity index (χ0) is 30.0. The molecular weight excluding hydrogens is 690 g/mol. The first kappa shape index (κ1) is 44.4. The Morgan fingerprint density at radius 3 is 1.67 bits per heavy atom. The van der Waals surface area contributed by atoms with E-state index in [2.05, 4.69) is 0 Å². The third-order valence-electron chi connectivity index (χ3n) is 7.78. The first-order chi connectivity index (χ1) is 19.5. The van der Waals surface area contributed by atoms with Crippen LogP contribution in [0.3, 0.4) is 0 Å². The number of methoxy groups -OCH3 is 1. The van der Waals surface area contributed by atoms with Crippen molar-refractivity contribution in [2.24, 2.45) is 22.9 Å². The molecule has 2 saturated heterocycles. The van der Waals surface area contributed by atoms with Crippen molar-refractivity contribution < 1.29 is 109 Å². The van der Waals surface area contributed by atoms with Gasteiger partial charge in [0.25, 0.3) is 0 Å². The number of ether oxygens (including phenoxy) is 6. The molecule has 15 atom stereocenters. The molecular formula is C25H42Cl4N4O12-4. The zero-order valence-electron chi connectivity index (χ0n) is 24.0. The highest BCUT2D eigenvalue weighted by Crippen LogP contribution is 2.31. The molecule has 14 N–H and O–H groups in total. The number of nitrogens with two attached hydrogens (primary N) is 4. The molecule has 1 aromatic rings. The molecule has 45 heavy (non-hydrogen) atoms. The normalized spacial score (nSPS) is 41.3. The van der Waals surface area contributed by atoms with E-state index in [1.54, 1.807) is 24.3 Å². The third-order valence-corrected chi connectivity index (χ3v) is 7.78. The van der Waals surface area contributed by atoms with Gasteiger partial charge in [0.05, 0.1) is 13.2 Å². The van der Waals surface area contributed by atoms with E-state index in [9.17, 15) is 30.6 Å². The summed E-state index contributed by atoms with van der Waals surface area (Å²) in [4.78, 5) is 0. The molecule has 0 bridgehead atoms. The number of aliphatic hydroxyl groups excluding tert-OH is 6. The van der Waals surface area contributed by atoms with E-state index < -0.39 is 91.7 Å². The summed E-state index contributed by atoms with van der Waals surface area (Å²) in [6, 6.07) is 3.86. The minimum atomic E-state index is -1.67. The lowest BCUT2D eigenvalue weighted by atomic mass is 9.84. The van der Waals surface area contributed by atoms with Crippen LogP contribution < -0.4 is 82.0 Å². The summed E-state index contributed by atoms with van der Waals surface area (Å²) in [5.41, 5.74) is 24.1. The summed E-state index contributed by atoms with van der Waals surface area (Å²) in [6.45, 7) is -0.315. The van der Waals surface area contributed by atoms with Crippen LogP contribution in [0.15, 0.2) is 24.3 Å². The van der Waals surface area contributed by atoms with Gasteiger partial charge in [-0.15, -0.1) is 0 Å². The van der Waals surface area contributed by atoms with Crippen molar-refractivity contribution in [1.82, 2.24) is 0 Å². The van der Waals surface area contributed by atoms with Crippen LogP contribution in [0.25, 0.3) is 0 Å². The van der Waals surface area contributed by atoms with Crippen LogP contribution in [0.2, 0.25) is 0 Å².